The summed E-state index contributed by atoms with van der Waals surface area (Å²) in [5, 5.41) is 9.03. The molecule has 104 valence electrons. The molecule has 1 saturated heterocycles. The van der Waals surface area contributed by atoms with Gasteiger partial charge < -0.3 is 14.9 Å². The van der Waals surface area contributed by atoms with Gasteiger partial charge in [0.15, 0.2) is 9.84 Å². The molecule has 0 spiro atoms. The molecule has 0 saturated carbocycles. The van der Waals surface area contributed by atoms with Crippen LogP contribution in [0.2, 0.25) is 0 Å². The fourth-order valence-electron chi connectivity index (χ4n) is 1.50. The van der Waals surface area contributed by atoms with Gasteiger partial charge >= 0.3 is 12.0 Å². The van der Waals surface area contributed by atoms with E-state index in [1.165, 1.54) is 25.8 Å². The quantitative estimate of drug-likeness (QED) is 0.743. The van der Waals surface area contributed by atoms with Gasteiger partial charge in [-0.15, -0.1) is 0 Å². The minimum absolute atomic E-state index is 0.0694. The van der Waals surface area contributed by atoms with Crippen molar-refractivity contribution in [2.24, 2.45) is 0 Å². The third-order valence-electron chi connectivity index (χ3n) is 3.26. The van der Waals surface area contributed by atoms with Crippen molar-refractivity contribution in [3.05, 3.63) is 0 Å². The monoisotopic (exact) mass is 278 g/mol. The third-order valence-corrected chi connectivity index (χ3v) is 4.87. The molecule has 0 aromatic heterocycles. The minimum atomic E-state index is -3.06. The summed E-state index contributed by atoms with van der Waals surface area (Å²) in [5.74, 6) is -1.25. The number of hydrogen-bond acceptors (Lipinski definition) is 4. The van der Waals surface area contributed by atoms with Crippen LogP contribution in [0.25, 0.3) is 0 Å². The molecule has 0 aromatic rings. The SMILES string of the molecule is CN(C(=O)N1CCS(=O)(=O)CC1)C(C)(C)C(=O)O. The maximum Gasteiger partial charge on any atom is 0.329 e. The molecule has 1 fully saturated rings. The van der Waals surface area contributed by atoms with Crippen LogP contribution >= 0.6 is 0 Å². The number of carboxylic acids is 1. The van der Waals surface area contributed by atoms with E-state index < -0.39 is 27.4 Å². The van der Waals surface area contributed by atoms with Crippen molar-refractivity contribution >= 4 is 21.8 Å². The van der Waals surface area contributed by atoms with E-state index in [0.29, 0.717) is 0 Å². The highest BCUT2D eigenvalue weighted by Gasteiger charge is 2.38. The Hall–Kier alpha value is -1.31. The molecule has 0 atom stereocenters. The highest BCUT2D eigenvalue weighted by molar-refractivity contribution is 7.91. The number of sulfone groups is 1. The van der Waals surface area contributed by atoms with Gasteiger partial charge in [-0.3, -0.25) is 0 Å². The lowest BCUT2D eigenvalue weighted by molar-refractivity contribution is -0.147. The highest BCUT2D eigenvalue weighted by Crippen LogP contribution is 2.16. The largest absolute Gasteiger partial charge is 0.480 e. The Morgan fingerprint density at radius 2 is 1.67 bits per heavy atom. The Bertz CT molecular complexity index is 443. The fourth-order valence-corrected chi connectivity index (χ4v) is 2.70. The second-order valence-electron chi connectivity index (χ2n) is 4.84. The van der Waals surface area contributed by atoms with E-state index in [4.69, 9.17) is 5.11 Å². The van der Waals surface area contributed by atoms with Gasteiger partial charge in [0, 0.05) is 20.1 Å². The highest BCUT2D eigenvalue weighted by atomic mass is 32.2. The van der Waals surface area contributed by atoms with Crippen LogP contribution < -0.4 is 0 Å². The van der Waals surface area contributed by atoms with Crippen LogP contribution in [0.5, 0.6) is 0 Å². The van der Waals surface area contributed by atoms with E-state index in [0.717, 1.165) is 4.90 Å². The second kappa shape index (κ2) is 4.75. The topological polar surface area (TPSA) is 95.0 Å². The average molecular weight is 278 g/mol. The number of amides is 2. The first-order chi connectivity index (χ1) is 8.08. The van der Waals surface area contributed by atoms with E-state index in [1.54, 1.807) is 0 Å². The van der Waals surface area contributed by atoms with Crippen molar-refractivity contribution in [1.82, 2.24) is 9.80 Å². The fraction of sp³-hybridized carbons (Fsp3) is 0.800. The standard InChI is InChI=1S/C10H18N2O5S/c1-10(2,8(13)14)11(3)9(15)12-4-6-18(16,17)7-5-12/h4-7H2,1-3H3,(H,13,14). The van der Waals surface area contributed by atoms with E-state index in [1.807, 2.05) is 0 Å². The minimum Gasteiger partial charge on any atom is -0.480 e. The number of urea groups is 1. The van der Waals surface area contributed by atoms with Gasteiger partial charge in [-0.2, -0.15) is 0 Å². The Balaban J connectivity index is 2.75. The average Bonchev–Trinajstić information content (AvgIpc) is 2.26. The van der Waals surface area contributed by atoms with E-state index in [2.05, 4.69) is 0 Å². The van der Waals surface area contributed by atoms with Crippen molar-refractivity contribution in [3.63, 3.8) is 0 Å². The molecule has 7 nitrogen and oxygen atoms in total. The normalized spacial score (nSPS) is 19.4. The predicted octanol–water partition coefficient (Wildman–Crippen LogP) is -0.368. The van der Waals surface area contributed by atoms with Crippen molar-refractivity contribution < 1.29 is 23.1 Å². The maximum absolute atomic E-state index is 12.1. The molecule has 0 aliphatic carbocycles. The molecule has 1 heterocycles. The van der Waals surface area contributed by atoms with Gasteiger partial charge in [-0.25, -0.2) is 18.0 Å². The van der Waals surface area contributed by atoms with Crippen LogP contribution in [0.3, 0.4) is 0 Å². The number of hydrogen-bond donors (Lipinski definition) is 1. The third kappa shape index (κ3) is 2.92. The molecular formula is C10H18N2O5S. The van der Waals surface area contributed by atoms with Crippen LogP contribution in [0.15, 0.2) is 0 Å². The first-order valence-electron chi connectivity index (χ1n) is 5.54. The number of carbonyl (C=O) groups excluding carboxylic acids is 1. The Kier molecular flexibility index (Phi) is 3.89. The van der Waals surface area contributed by atoms with Crippen LogP contribution in [-0.2, 0) is 14.6 Å². The molecule has 0 unspecified atom stereocenters. The first kappa shape index (κ1) is 14.7. The summed E-state index contributed by atoms with van der Waals surface area (Å²) < 4.78 is 22.5. The number of carboxylic acid groups (broad SMARTS) is 1. The molecular weight excluding hydrogens is 260 g/mol. The van der Waals surface area contributed by atoms with Gasteiger partial charge in [0.2, 0.25) is 0 Å². The van der Waals surface area contributed by atoms with Crippen molar-refractivity contribution in [1.29, 1.82) is 0 Å². The smallest absolute Gasteiger partial charge is 0.329 e. The van der Waals surface area contributed by atoms with Crippen molar-refractivity contribution in [3.8, 4) is 0 Å². The number of nitrogens with zero attached hydrogens (tertiary/aromatic N) is 2. The molecule has 0 bridgehead atoms. The summed E-state index contributed by atoms with van der Waals surface area (Å²) in [6.07, 6.45) is 0. The summed E-state index contributed by atoms with van der Waals surface area (Å²) in [6, 6.07) is -0.461. The Morgan fingerprint density at radius 3 is 2.06 bits per heavy atom. The van der Waals surface area contributed by atoms with Crippen LogP contribution in [0.4, 0.5) is 4.79 Å². The molecule has 1 aliphatic rings. The summed E-state index contributed by atoms with van der Waals surface area (Å²) >= 11 is 0. The molecule has 18 heavy (non-hydrogen) atoms. The van der Waals surface area contributed by atoms with Crippen molar-refractivity contribution in [2.75, 3.05) is 31.6 Å². The lowest BCUT2D eigenvalue weighted by atomic mass is 10.0. The zero-order valence-corrected chi connectivity index (χ0v) is 11.5. The summed E-state index contributed by atoms with van der Waals surface area (Å²) in [4.78, 5) is 25.6. The number of likely N-dealkylation sites (N-methyl/N-ethyl adjacent to an activating group) is 1. The molecule has 1 rings (SSSR count). The second-order valence-corrected chi connectivity index (χ2v) is 7.15. The van der Waals surface area contributed by atoms with E-state index >= 15 is 0 Å². The van der Waals surface area contributed by atoms with Gasteiger partial charge in [0.05, 0.1) is 11.5 Å². The Labute approximate surface area is 106 Å². The Morgan fingerprint density at radius 1 is 1.22 bits per heavy atom. The molecule has 1 aliphatic heterocycles. The van der Waals surface area contributed by atoms with Gasteiger partial charge in [-0.05, 0) is 13.8 Å². The van der Waals surface area contributed by atoms with Crippen molar-refractivity contribution in [2.45, 2.75) is 19.4 Å². The molecule has 8 heteroatoms. The van der Waals surface area contributed by atoms with E-state index in [9.17, 15) is 18.0 Å². The molecule has 0 radical (unpaired) electrons. The first-order valence-corrected chi connectivity index (χ1v) is 7.36. The van der Waals surface area contributed by atoms with Gasteiger partial charge in [-0.1, -0.05) is 0 Å². The lowest BCUT2D eigenvalue weighted by Crippen LogP contribution is -2.57. The molecule has 1 N–H and O–H groups in total. The summed E-state index contributed by atoms with van der Waals surface area (Å²) in [5.41, 5.74) is -1.33. The lowest BCUT2D eigenvalue weighted by Gasteiger charge is -2.37. The number of aliphatic carboxylic acids is 1. The van der Waals surface area contributed by atoms with Crippen LogP contribution in [0.1, 0.15) is 13.8 Å². The van der Waals surface area contributed by atoms with Crippen LogP contribution in [-0.4, -0.2) is 72.5 Å². The maximum atomic E-state index is 12.1. The van der Waals surface area contributed by atoms with E-state index in [-0.39, 0.29) is 24.6 Å². The zero-order valence-electron chi connectivity index (χ0n) is 10.7. The van der Waals surface area contributed by atoms with Crippen LogP contribution in [0, 0.1) is 0 Å². The molecule has 2 amide bonds. The van der Waals surface area contributed by atoms with Gasteiger partial charge in [0.25, 0.3) is 0 Å². The number of rotatable bonds is 2. The zero-order chi connectivity index (χ0) is 14.1. The summed E-state index contributed by atoms with van der Waals surface area (Å²) in [7, 11) is -1.65. The number of carbonyl (C=O) groups is 2. The predicted molar refractivity (Wildman–Crippen MR) is 65.1 cm³/mol. The molecule has 0 aromatic carbocycles. The van der Waals surface area contributed by atoms with Gasteiger partial charge in [0.1, 0.15) is 5.54 Å². The summed E-state index contributed by atoms with van der Waals surface area (Å²) in [6.45, 7) is 3.07.